The van der Waals surface area contributed by atoms with Crippen molar-refractivity contribution in [3.8, 4) is 11.8 Å². The van der Waals surface area contributed by atoms with Gasteiger partial charge in [0.15, 0.2) is 0 Å². The largest absolute Gasteiger partial charge is 0.495 e. The molecule has 0 radical (unpaired) electrons. The van der Waals surface area contributed by atoms with Gasteiger partial charge in [0.1, 0.15) is 11.8 Å². The van der Waals surface area contributed by atoms with E-state index >= 15 is 0 Å². The van der Waals surface area contributed by atoms with Crippen LogP contribution in [0.25, 0.3) is 0 Å². The van der Waals surface area contributed by atoms with Gasteiger partial charge >= 0.3 is 0 Å². The van der Waals surface area contributed by atoms with E-state index in [0.717, 1.165) is 18.5 Å². The van der Waals surface area contributed by atoms with Gasteiger partial charge in [-0.2, -0.15) is 5.26 Å². The van der Waals surface area contributed by atoms with E-state index in [-0.39, 0.29) is 0 Å². The number of rotatable bonds is 3. The zero-order valence-electron chi connectivity index (χ0n) is 12.8. The Balaban J connectivity index is 1.75. The molecular formula is C18H24N2O. The van der Waals surface area contributed by atoms with Crippen LogP contribution in [0.1, 0.15) is 49.7 Å². The standard InChI is InChI=1S/C18H24N2O/c1-21-18-11-14(8-9-16(18)12-19)13-20-10-4-6-15-5-2-3-7-17(15)20/h8-9,11,15,17H,2-7,10,13H2,1H3/t15-,17-/m1/s1. The Bertz CT molecular complexity index is 533. The number of benzene rings is 1. The summed E-state index contributed by atoms with van der Waals surface area (Å²) in [6.07, 6.45) is 8.32. The Morgan fingerprint density at radius 1 is 1.24 bits per heavy atom. The van der Waals surface area contributed by atoms with Crippen molar-refractivity contribution in [2.24, 2.45) is 5.92 Å². The van der Waals surface area contributed by atoms with Gasteiger partial charge in [-0.3, -0.25) is 4.90 Å². The van der Waals surface area contributed by atoms with Crippen molar-refractivity contribution in [3.05, 3.63) is 29.3 Å². The molecule has 21 heavy (non-hydrogen) atoms. The second-order valence-corrected chi connectivity index (χ2v) is 6.37. The lowest BCUT2D eigenvalue weighted by atomic mass is 9.78. The Morgan fingerprint density at radius 3 is 2.86 bits per heavy atom. The van der Waals surface area contributed by atoms with Gasteiger partial charge in [0.05, 0.1) is 12.7 Å². The lowest BCUT2D eigenvalue weighted by Crippen LogP contribution is -2.46. The first-order valence-corrected chi connectivity index (χ1v) is 8.13. The lowest BCUT2D eigenvalue weighted by molar-refractivity contribution is 0.0546. The smallest absolute Gasteiger partial charge is 0.136 e. The van der Waals surface area contributed by atoms with Crippen LogP contribution in [0.5, 0.6) is 5.75 Å². The summed E-state index contributed by atoms with van der Waals surface area (Å²) in [5.74, 6) is 1.61. The highest BCUT2D eigenvalue weighted by molar-refractivity contribution is 5.45. The van der Waals surface area contributed by atoms with Crippen LogP contribution >= 0.6 is 0 Å². The van der Waals surface area contributed by atoms with Gasteiger partial charge in [0, 0.05) is 12.6 Å². The summed E-state index contributed by atoms with van der Waals surface area (Å²) in [7, 11) is 1.64. The zero-order valence-corrected chi connectivity index (χ0v) is 12.8. The van der Waals surface area contributed by atoms with E-state index in [1.54, 1.807) is 7.11 Å². The highest BCUT2D eigenvalue weighted by Gasteiger charge is 2.32. The third kappa shape index (κ3) is 3.06. The lowest BCUT2D eigenvalue weighted by Gasteiger charge is -2.44. The van der Waals surface area contributed by atoms with Gasteiger partial charge in [0.25, 0.3) is 0 Å². The molecule has 0 spiro atoms. The minimum absolute atomic E-state index is 0.621. The molecule has 0 bridgehead atoms. The second-order valence-electron chi connectivity index (χ2n) is 6.37. The number of hydrogen-bond acceptors (Lipinski definition) is 3. The summed E-state index contributed by atoms with van der Waals surface area (Å²) in [5, 5.41) is 9.08. The highest BCUT2D eigenvalue weighted by Crippen LogP contribution is 2.36. The summed E-state index contributed by atoms with van der Waals surface area (Å²) >= 11 is 0. The van der Waals surface area contributed by atoms with Crippen LogP contribution in [0.2, 0.25) is 0 Å². The van der Waals surface area contributed by atoms with Crippen molar-refractivity contribution in [3.63, 3.8) is 0 Å². The minimum Gasteiger partial charge on any atom is -0.495 e. The van der Waals surface area contributed by atoms with Crippen LogP contribution in [0.15, 0.2) is 18.2 Å². The fourth-order valence-electron chi connectivity index (χ4n) is 4.09. The summed E-state index contributed by atoms with van der Waals surface area (Å²) < 4.78 is 5.33. The molecule has 0 aromatic heterocycles. The van der Waals surface area contributed by atoms with E-state index in [1.807, 2.05) is 12.1 Å². The maximum atomic E-state index is 9.08. The van der Waals surface area contributed by atoms with Crippen molar-refractivity contribution in [1.82, 2.24) is 4.90 Å². The Kier molecular flexibility index (Phi) is 4.45. The molecule has 1 aliphatic heterocycles. The average Bonchev–Trinajstić information content (AvgIpc) is 2.55. The van der Waals surface area contributed by atoms with Crippen molar-refractivity contribution in [2.45, 2.75) is 51.1 Å². The predicted molar refractivity (Wildman–Crippen MR) is 83.1 cm³/mol. The molecule has 2 aliphatic rings. The third-order valence-corrected chi connectivity index (χ3v) is 5.13. The third-order valence-electron chi connectivity index (χ3n) is 5.13. The number of piperidine rings is 1. The fraction of sp³-hybridized carbons (Fsp3) is 0.611. The Hall–Kier alpha value is -1.53. The average molecular weight is 284 g/mol. The fourth-order valence-corrected chi connectivity index (χ4v) is 4.09. The molecule has 1 saturated carbocycles. The Labute approximate surface area is 127 Å². The zero-order chi connectivity index (χ0) is 14.7. The first-order valence-electron chi connectivity index (χ1n) is 8.13. The molecule has 2 fully saturated rings. The van der Waals surface area contributed by atoms with Crippen LogP contribution in [0.4, 0.5) is 0 Å². The highest BCUT2D eigenvalue weighted by atomic mass is 16.5. The molecule has 1 aromatic rings. The van der Waals surface area contributed by atoms with Crippen LogP contribution in [0, 0.1) is 17.2 Å². The van der Waals surface area contributed by atoms with E-state index in [0.29, 0.717) is 11.3 Å². The van der Waals surface area contributed by atoms with Crippen molar-refractivity contribution in [1.29, 1.82) is 5.26 Å². The molecule has 1 heterocycles. The molecule has 3 nitrogen and oxygen atoms in total. The molecule has 3 rings (SSSR count). The van der Waals surface area contributed by atoms with E-state index < -0.39 is 0 Å². The first-order chi connectivity index (χ1) is 10.3. The topological polar surface area (TPSA) is 36.3 Å². The molecule has 0 unspecified atom stereocenters. The van der Waals surface area contributed by atoms with Gasteiger partial charge in [-0.15, -0.1) is 0 Å². The number of methoxy groups -OCH3 is 1. The number of likely N-dealkylation sites (tertiary alicyclic amines) is 1. The normalized spacial score (nSPS) is 25.9. The molecule has 1 aliphatic carbocycles. The van der Waals surface area contributed by atoms with Gasteiger partial charge in [-0.05, 0) is 55.8 Å². The summed E-state index contributed by atoms with van der Waals surface area (Å²) in [4.78, 5) is 2.66. The van der Waals surface area contributed by atoms with E-state index in [1.165, 1.54) is 50.6 Å². The van der Waals surface area contributed by atoms with Gasteiger partial charge in [0.2, 0.25) is 0 Å². The maximum absolute atomic E-state index is 9.08. The van der Waals surface area contributed by atoms with Crippen LogP contribution in [0.3, 0.4) is 0 Å². The molecule has 1 aromatic carbocycles. The van der Waals surface area contributed by atoms with Crippen LogP contribution in [-0.2, 0) is 6.54 Å². The summed E-state index contributed by atoms with van der Waals surface area (Å²) in [6.45, 7) is 2.20. The molecule has 3 heteroatoms. The molecule has 0 N–H and O–H groups in total. The SMILES string of the molecule is COc1cc(CN2CCC[C@H]3CCCC[C@H]32)ccc1C#N. The second kappa shape index (κ2) is 6.49. The van der Waals surface area contributed by atoms with E-state index in [2.05, 4.69) is 17.0 Å². The molecule has 112 valence electrons. The van der Waals surface area contributed by atoms with Gasteiger partial charge < -0.3 is 4.74 Å². The molecule has 2 atom stereocenters. The van der Waals surface area contributed by atoms with Crippen molar-refractivity contribution >= 4 is 0 Å². The van der Waals surface area contributed by atoms with Crippen molar-refractivity contribution in [2.75, 3.05) is 13.7 Å². The van der Waals surface area contributed by atoms with E-state index in [9.17, 15) is 0 Å². The minimum atomic E-state index is 0.621. The molecule has 1 saturated heterocycles. The van der Waals surface area contributed by atoms with Crippen LogP contribution < -0.4 is 4.74 Å². The summed E-state index contributed by atoms with van der Waals surface area (Å²) in [6, 6.07) is 8.95. The summed E-state index contributed by atoms with van der Waals surface area (Å²) in [5.41, 5.74) is 1.88. The number of hydrogen-bond donors (Lipinski definition) is 0. The van der Waals surface area contributed by atoms with Gasteiger partial charge in [-0.25, -0.2) is 0 Å². The monoisotopic (exact) mass is 284 g/mol. The number of nitrogens with zero attached hydrogens (tertiary/aromatic N) is 2. The van der Waals surface area contributed by atoms with Crippen molar-refractivity contribution < 1.29 is 4.74 Å². The first kappa shape index (κ1) is 14.4. The Morgan fingerprint density at radius 2 is 2.05 bits per heavy atom. The number of fused-ring (bicyclic) bond motifs is 1. The predicted octanol–water partition coefficient (Wildman–Crippen LogP) is 3.72. The quantitative estimate of drug-likeness (QED) is 0.848. The van der Waals surface area contributed by atoms with Gasteiger partial charge in [-0.1, -0.05) is 18.9 Å². The molecule has 0 amide bonds. The molecular weight excluding hydrogens is 260 g/mol. The number of ether oxygens (including phenoxy) is 1. The maximum Gasteiger partial charge on any atom is 0.136 e. The number of nitriles is 1. The van der Waals surface area contributed by atoms with Crippen LogP contribution in [-0.4, -0.2) is 24.6 Å². The van der Waals surface area contributed by atoms with E-state index in [4.69, 9.17) is 10.00 Å².